The van der Waals surface area contributed by atoms with E-state index in [-0.39, 0.29) is 39.6 Å². The van der Waals surface area contributed by atoms with Crippen LogP contribution in [0.2, 0.25) is 5.04 Å². The molecule has 0 aliphatic carbocycles. The van der Waals surface area contributed by atoms with Gasteiger partial charge in [0.2, 0.25) is 0 Å². The minimum Gasteiger partial charge on any atom is -0.450 e. The van der Waals surface area contributed by atoms with Crippen LogP contribution in [0.3, 0.4) is 0 Å². The van der Waals surface area contributed by atoms with Crippen LogP contribution in [0, 0.1) is 0 Å². The van der Waals surface area contributed by atoms with Crippen molar-refractivity contribution in [2.45, 2.75) is 133 Å². The SMILES string of the molecule is CO[C@H]1O[C@H](CO[C@H]2O[C@H](CO[Si](c3ccccc3)(c3ccccc3)C(C)(C)C)[C@@H](O[C@H]3O[C@H](COCc4ccccc4)[C@@H](OCc4ccccc4)[C@@H]3OC(=O)c3ccccc3)[C@@H]2OCc2ccccc2)[C@@H](OCc2ccccc2)[C@@H]1OCc1ccccc1. The lowest BCUT2D eigenvalue weighted by atomic mass is 10.1. The van der Waals surface area contributed by atoms with E-state index in [1.807, 2.05) is 170 Å². The summed E-state index contributed by atoms with van der Waals surface area (Å²) in [5.41, 5.74) is 5.11. The van der Waals surface area contributed by atoms with Gasteiger partial charge >= 0.3 is 5.97 Å². The molecular weight excluding hydrogens is 1140 g/mol. The lowest BCUT2D eigenvalue weighted by Gasteiger charge is -2.43. The molecule has 3 fully saturated rings. The topological polar surface area (TPSA) is 137 Å². The number of hydrogen-bond acceptors (Lipinski definition) is 14. The fourth-order valence-electron chi connectivity index (χ4n) is 12.0. The second-order valence-electron chi connectivity index (χ2n) is 23.6. The molecule has 89 heavy (non-hydrogen) atoms. The molecular formula is C74H80O14Si. The Bertz CT molecular complexity index is 3300. The van der Waals surface area contributed by atoms with Gasteiger partial charge in [-0.15, -0.1) is 0 Å². The van der Waals surface area contributed by atoms with Crippen molar-refractivity contribution >= 4 is 24.7 Å². The highest BCUT2D eigenvalue weighted by atomic mass is 28.4. The lowest BCUT2D eigenvalue weighted by Crippen LogP contribution is -2.67. The molecule has 0 spiro atoms. The van der Waals surface area contributed by atoms with Crippen molar-refractivity contribution in [2.75, 3.05) is 26.9 Å². The molecule has 0 radical (unpaired) electrons. The van der Waals surface area contributed by atoms with Gasteiger partial charge in [0.05, 0.1) is 58.4 Å². The van der Waals surface area contributed by atoms with Crippen LogP contribution < -0.4 is 10.4 Å². The Hall–Kier alpha value is -7.03. The third kappa shape index (κ3) is 16.1. The van der Waals surface area contributed by atoms with Gasteiger partial charge in [-0.1, -0.05) is 251 Å². The van der Waals surface area contributed by atoms with Gasteiger partial charge in [-0.05, 0) is 55.4 Å². The van der Waals surface area contributed by atoms with Gasteiger partial charge in [-0.25, -0.2) is 4.79 Å². The predicted octanol–water partition coefficient (Wildman–Crippen LogP) is 11.6. The smallest absolute Gasteiger partial charge is 0.338 e. The van der Waals surface area contributed by atoms with Gasteiger partial charge in [0.25, 0.3) is 8.32 Å². The molecule has 3 heterocycles. The summed E-state index contributed by atoms with van der Waals surface area (Å²) >= 11 is 0. The largest absolute Gasteiger partial charge is 0.450 e. The molecule has 15 heteroatoms. The number of esters is 1. The van der Waals surface area contributed by atoms with Crippen LogP contribution in [-0.2, 0) is 94.3 Å². The van der Waals surface area contributed by atoms with E-state index >= 15 is 0 Å². The Kier molecular flexibility index (Phi) is 22.2. The second-order valence-corrected chi connectivity index (χ2v) is 27.9. The lowest BCUT2D eigenvalue weighted by molar-refractivity contribution is -0.226. The Labute approximate surface area is 523 Å². The van der Waals surface area contributed by atoms with Crippen LogP contribution in [0.4, 0.5) is 0 Å². The number of hydrogen-bond donors (Lipinski definition) is 0. The Morgan fingerprint density at radius 3 is 1.19 bits per heavy atom. The number of methoxy groups -OCH3 is 1. The van der Waals surface area contributed by atoms with Crippen molar-refractivity contribution in [2.24, 2.45) is 0 Å². The molecule has 0 amide bonds. The monoisotopic (exact) mass is 1220 g/mol. The Morgan fingerprint density at radius 2 is 0.742 bits per heavy atom. The summed E-state index contributed by atoms with van der Waals surface area (Å²) in [4.78, 5) is 14.5. The maximum absolute atomic E-state index is 14.5. The van der Waals surface area contributed by atoms with Crippen LogP contribution in [0.1, 0.15) is 58.9 Å². The van der Waals surface area contributed by atoms with Crippen molar-refractivity contribution in [3.63, 3.8) is 0 Å². The molecule has 14 nitrogen and oxygen atoms in total. The molecule has 3 aliphatic heterocycles. The number of carbonyl (C=O) groups is 1. The average molecular weight is 1220 g/mol. The van der Waals surface area contributed by atoms with Gasteiger partial charge in [0, 0.05) is 7.11 Å². The summed E-state index contributed by atoms with van der Waals surface area (Å²) in [5, 5.41) is 1.76. The summed E-state index contributed by atoms with van der Waals surface area (Å²) in [6, 6.07) is 79.3. The first-order valence-electron chi connectivity index (χ1n) is 30.6. The van der Waals surface area contributed by atoms with Gasteiger partial charge in [0.15, 0.2) is 25.0 Å². The molecule has 0 unspecified atom stereocenters. The number of ether oxygens (including phenoxy) is 12. The molecule has 8 aromatic carbocycles. The molecule has 8 aromatic rings. The van der Waals surface area contributed by atoms with E-state index in [0.29, 0.717) is 18.8 Å². The first-order chi connectivity index (χ1) is 43.6. The molecule has 0 N–H and O–H groups in total. The van der Waals surface area contributed by atoms with Crippen molar-refractivity contribution in [1.82, 2.24) is 0 Å². The third-order valence-corrected chi connectivity index (χ3v) is 21.4. The van der Waals surface area contributed by atoms with E-state index in [2.05, 4.69) is 69.3 Å². The fraction of sp³-hybridized carbons (Fsp3) is 0.338. The highest BCUT2D eigenvalue weighted by Gasteiger charge is 2.57. The highest BCUT2D eigenvalue weighted by Crippen LogP contribution is 2.41. The maximum Gasteiger partial charge on any atom is 0.338 e. The van der Waals surface area contributed by atoms with Crippen molar-refractivity contribution < 1.29 is 66.1 Å². The average Bonchev–Trinajstić information content (AvgIpc) is 1.44. The molecule has 3 saturated heterocycles. The minimum atomic E-state index is -3.24. The molecule has 0 bridgehead atoms. The third-order valence-electron chi connectivity index (χ3n) is 16.4. The second kappa shape index (κ2) is 31.1. The zero-order valence-corrected chi connectivity index (χ0v) is 51.9. The highest BCUT2D eigenvalue weighted by molar-refractivity contribution is 6.99. The van der Waals surface area contributed by atoms with Gasteiger partial charge in [0.1, 0.15) is 48.8 Å². The van der Waals surface area contributed by atoms with Crippen LogP contribution in [0.5, 0.6) is 0 Å². The summed E-state index contributed by atoms with van der Waals surface area (Å²) in [6.07, 6.45) is -10.9. The summed E-state index contributed by atoms with van der Waals surface area (Å²) in [6.45, 7) is 7.95. The first kappa shape index (κ1) is 63.5. The maximum atomic E-state index is 14.5. The molecule has 3 aliphatic rings. The van der Waals surface area contributed by atoms with Crippen molar-refractivity contribution in [3.05, 3.63) is 276 Å². The number of rotatable bonds is 29. The fourth-order valence-corrected chi connectivity index (χ4v) is 16.5. The number of benzene rings is 8. The van der Waals surface area contributed by atoms with E-state index in [4.69, 9.17) is 61.3 Å². The van der Waals surface area contributed by atoms with Crippen LogP contribution in [-0.4, -0.2) is 115 Å². The van der Waals surface area contributed by atoms with E-state index < -0.39 is 93.1 Å². The summed E-state index contributed by atoms with van der Waals surface area (Å²) < 4.78 is 89.9. The van der Waals surface area contributed by atoms with Gasteiger partial charge < -0.3 is 61.3 Å². The molecule has 0 aromatic heterocycles. The molecule has 464 valence electrons. The van der Waals surface area contributed by atoms with Crippen LogP contribution in [0.25, 0.3) is 0 Å². The van der Waals surface area contributed by atoms with E-state index in [9.17, 15) is 4.79 Å². The quantitative estimate of drug-likeness (QED) is 0.0325. The Morgan fingerprint density at radius 1 is 0.382 bits per heavy atom. The predicted molar refractivity (Wildman–Crippen MR) is 339 cm³/mol. The van der Waals surface area contributed by atoms with E-state index in [0.717, 1.165) is 38.2 Å². The zero-order chi connectivity index (χ0) is 61.3. The van der Waals surface area contributed by atoms with Crippen LogP contribution in [0.15, 0.2) is 243 Å². The van der Waals surface area contributed by atoms with E-state index in [1.54, 1.807) is 31.4 Å². The zero-order valence-electron chi connectivity index (χ0n) is 50.9. The summed E-state index contributed by atoms with van der Waals surface area (Å²) in [7, 11) is -1.65. The van der Waals surface area contributed by atoms with Gasteiger partial charge in [-0.2, -0.15) is 0 Å². The molecule has 12 atom stereocenters. The molecule has 11 rings (SSSR count). The Balaban J connectivity index is 0.970. The normalized spacial score (nSPS) is 24.4. The van der Waals surface area contributed by atoms with Gasteiger partial charge in [-0.3, -0.25) is 0 Å². The molecule has 0 saturated carbocycles. The number of carbonyl (C=O) groups excluding carboxylic acids is 1. The summed E-state index contributed by atoms with van der Waals surface area (Å²) in [5.74, 6) is -0.583. The standard InChI is InChI=1S/C74H80O14Si/c1-74(2,3)89(59-41-25-11-26-42-59,60-43-27-12-28-44-60)83-52-63-66(88-73-69(87-70(75)58-39-23-10-24-40-58)65(79-47-55-33-17-7-18-34-55)61(86-73)50-77-45-53-29-13-5-14-30-53)68(81-49-57-37-21-9-22-38-57)72(85-63)82-51-62-64(78-46-54-31-15-6-16-32-54)67(71(76-4)84-62)80-48-56-35-19-8-20-36-56/h5-44,61-69,71-73H,45-52H2,1-4H3/t61-,62-,63-,64-,65-,66-,67+,68+,69+,71+,72+,73-/m1/s1. The van der Waals surface area contributed by atoms with Crippen molar-refractivity contribution in [1.29, 1.82) is 0 Å². The van der Waals surface area contributed by atoms with Crippen molar-refractivity contribution in [3.8, 4) is 0 Å². The minimum absolute atomic E-state index is 0.0195. The first-order valence-corrected chi connectivity index (χ1v) is 32.6. The van der Waals surface area contributed by atoms with Crippen LogP contribution >= 0.6 is 0 Å². The van der Waals surface area contributed by atoms with E-state index in [1.165, 1.54) is 0 Å².